The van der Waals surface area contributed by atoms with Gasteiger partial charge in [0.15, 0.2) is 0 Å². The second-order valence-electron chi connectivity index (χ2n) is 5.01. The quantitative estimate of drug-likeness (QED) is 0.830. The Hall–Kier alpha value is -1.69. The molecule has 0 aliphatic rings. The van der Waals surface area contributed by atoms with E-state index in [-0.39, 0.29) is 0 Å². The summed E-state index contributed by atoms with van der Waals surface area (Å²) in [5, 5.41) is 12.5. The average molecular weight is 246 g/mol. The third kappa shape index (κ3) is 3.96. The predicted molar refractivity (Wildman–Crippen MR) is 74.9 cm³/mol. The first-order chi connectivity index (χ1) is 8.58. The predicted octanol–water partition coefficient (Wildman–Crippen LogP) is 3.80. The Labute approximate surface area is 110 Å². The molecule has 1 rings (SSSR count). The number of ether oxygens (including phenoxy) is 1. The summed E-state index contributed by atoms with van der Waals surface area (Å²) < 4.78 is 5.30. The molecular weight excluding hydrogens is 224 g/mol. The minimum atomic E-state index is 0.329. The highest BCUT2D eigenvalue weighted by atomic mass is 16.5. The van der Waals surface area contributed by atoms with Crippen LogP contribution in [-0.2, 0) is 0 Å². The molecule has 0 aromatic heterocycles. The number of hydrogen-bond donors (Lipinski definition) is 1. The van der Waals surface area contributed by atoms with Crippen LogP contribution in [0.2, 0.25) is 0 Å². The zero-order valence-corrected chi connectivity index (χ0v) is 11.7. The maximum Gasteiger partial charge on any atom is 0.143 e. The van der Waals surface area contributed by atoms with E-state index < -0.39 is 0 Å². The molecule has 1 aromatic rings. The normalized spacial score (nSPS) is 12.0. The number of rotatable bonds is 6. The lowest BCUT2D eigenvalue weighted by atomic mass is 10.0. The van der Waals surface area contributed by atoms with Crippen molar-refractivity contribution in [3.63, 3.8) is 0 Å². The van der Waals surface area contributed by atoms with Crippen molar-refractivity contribution in [2.24, 2.45) is 5.92 Å². The first-order valence-corrected chi connectivity index (χ1v) is 6.42. The van der Waals surface area contributed by atoms with Crippen LogP contribution < -0.4 is 10.1 Å². The summed E-state index contributed by atoms with van der Waals surface area (Å²) in [5.41, 5.74) is 1.43. The molecule has 18 heavy (non-hydrogen) atoms. The number of nitriles is 1. The van der Waals surface area contributed by atoms with Crippen molar-refractivity contribution in [1.29, 1.82) is 5.26 Å². The van der Waals surface area contributed by atoms with Gasteiger partial charge in [0.2, 0.25) is 0 Å². The van der Waals surface area contributed by atoms with Crippen molar-refractivity contribution >= 4 is 5.69 Å². The number of anilines is 1. The van der Waals surface area contributed by atoms with Gasteiger partial charge in [0.05, 0.1) is 18.4 Å². The van der Waals surface area contributed by atoms with Gasteiger partial charge >= 0.3 is 0 Å². The molecule has 1 N–H and O–H groups in total. The van der Waals surface area contributed by atoms with E-state index in [1.54, 1.807) is 13.2 Å². The summed E-state index contributed by atoms with van der Waals surface area (Å²) >= 11 is 0. The van der Waals surface area contributed by atoms with Gasteiger partial charge in [0, 0.05) is 6.04 Å². The van der Waals surface area contributed by atoms with Crippen LogP contribution in [0.25, 0.3) is 0 Å². The summed E-state index contributed by atoms with van der Waals surface area (Å²) in [6.45, 7) is 6.57. The van der Waals surface area contributed by atoms with Gasteiger partial charge in [-0.05, 0) is 37.8 Å². The zero-order valence-electron chi connectivity index (χ0n) is 11.7. The fourth-order valence-corrected chi connectivity index (χ4v) is 1.85. The molecule has 0 heterocycles. The largest absolute Gasteiger partial charge is 0.495 e. The second kappa shape index (κ2) is 6.90. The third-order valence-corrected chi connectivity index (χ3v) is 2.93. The van der Waals surface area contributed by atoms with Crippen LogP contribution >= 0.6 is 0 Å². The summed E-state index contributed by atoms with van der Waals surface area (Å²) in [7, 11) is 1.63. The van der Waals surface area contributed by atoms with Crippen LogP contribution in [0, 0.1) is 17.2 Å². The molecule has 0 bridgehead atoms. The van der Waals surface area contributed by atoms with Crippen molar-refractivity contribution in [1.82, 2.24) is 0 Å². The van der Waals surface area contributed by atoms with E-state index in [1.807, 2.05) is 12.1 Å². The number of benzene rings is 1. The van der Waals surface area contributed by atoms with Crippen molar-refractivity contribution in [3.8, 4) is 11.8 Å². The molecule has 1 atom stereocenters. The monoisotopic (exact) mass is 246 g/mol. The lowest BCUT2D eigenvalue weighted by Gasteiger charge is -2.19. The van der Waals surface area contributed by atoms with Crippen molar-refractivity contribution in [3.05, 3.63) is 23.8 Å². The summed E-state index contributed by atoms with van der Waals surface area (Å²) in [5.74, 6) is 1.42. The lowest BCUT2D eigenvalue weighted by molar-refractivity contribution is 0.415. The molecule has 0 fully saturated rings. The second-order valence-corrected chi connectivity index (χ2v) is 5.01. The molecule has 3 heteroatoms. The van der Waals surface area contributed by atoms with Crippen LogP contribution in [0.4, 0.5) is 5.69 Å². The van der Waals surface area contributed by atoms with E-state index in [0.29, 0.717) is 17.5 Å². The van der Waals surface area contributed by atoms with Gasteiger partial charge < -0.3 is 10.1 Å². The van der Waals surface area contributed by atoms with Crippen LogP contribution in [0.15, 0.2) is 18.2 Å². The molecule has 98 valence electrons. The van der Waals surface area contributed by atoms with E-state index in [1.165, 1.54) is 6.42 Å². The molecule has 1 unspecified atom stereocenters. The van der Waals surface area contributed by atoms with Crippen molar-refractivity contribution < 1.29 is 4.74 Å². The molecular formula is C15H22N2O. The fourth-order valence-electron chi connectivity index (χ4n) is 1.85. The smallest absolute Gasteiger partial charge is 0.143 e. The average Bonchev–Trinajstić information content (AvgIpc) is 2.36. The highest BCUT2D eigenvalue weighted by Crippen LogP contribution is 2.29. The van der Waals surface area contributed by atoms with E-state index in [4.69, 9.17) is 10.00 Å². The Morgan fingerprint density at radius 3 is 2.56 bits per heavy atom. The Bertz CT molecular complexity index is 421. The molecule has 0 aliphatic heterocycles. The maximum absolute atomic E-state index is 9.12. The van der Waals surface area contributed by atoms with Gasteiger partial charge in [-0.1, -0.05) is 19.9 Å². The number of hydrogen-bond acceptors (Lipinski definition) is 3. The van der Waals surface area contributed by atoms with Gasteiger partial charge in [-0.3, -0.25) is 0 Å². The molecule has 0 saturated carbocycles. The van der Waals surface area contributed by atoms with Crippen LogP contribution in [-0.4, -0.2) is 13.2 Å². The maximum atomic E-state index is 9.12. The van der Waals surface area contributed by atoms with Crippen LogP contribution in [0.1, 0.15) is 39.2 Å². The first kappa shape index (κ1) is 14.4. The van der Waals surface area contributed by atoms with E-state index >= 15 is 0 Å². The highest BCUT2D eigenvalue weighted by Gasteiger charge is 2.11. The van der Waals surface area contributed by atoms with E-state index in [9.17, 15) is 0 Å². The molecule has 0 amide bonds. The minimum absolute atomic E-state index is 0.329. The van der Waals surface area contributed by atoms with E-state index in [0.717, 1.165) is 17.9 Å². The van der Waals surface area contributed by atoms with Crippen molar-refractivity contribution in [2.45, 2.75) is 39.7 Å². The summed E-state index contributed by atoms with van der Waals surface area (Å²) in [6, 6.07) is 8.04. The molecule has 0 saturated heterocycles. The Kier molecular flexibility index (Phi) is 5.51. The fraction of sp³-hybridized carbons (Fsp3) is 0.533. The van der Waals surface area contributed by atoms with Crippen LogP contribution in [0.3, 0.4) is 0 Å². The van der Waals surface area contributed by atoms with Gasteiger partial charge in [-0.25, -0.2) is 0 Å². The molecule has 3 nitrogen and oxygen atoms in total. The summed E-state index contributed by atoms with van der Waals surface area (Å²) in [4.78, 5) is 0. The number of para-hydroxylation sites is 1. The molecule has 0 spiro atoms. The third-order valence-electron chi connectivity index (χ3n) is 2.93. The van der Waals surface area contributed by atoms with Gasteiger partial charge in [0.25, 0.3) is 0 Å². The first-order valence-electron chi connectivity index (χ1n) is 6.42. The van der Waals surface area contributed by atoms with Gasteiger partial charge in [-0.15, -0.1) is 0 Å². The minimum Gasteiger partial charge on any atom is -0.495 e. The topological polar surface area (TPSA) is 45.0 Å². The lowest BCUT2D eigenvalue weighted by Crippen LogP contribution is -2.17. The summed E-state index contributed by atoms with van der Waals surface area (Å²) in [6.07, 6.45) is 2.26. The molecule has 1 aromatic carbocycles. The number of nitrogens with zero attached hydrogens (tertiary/aromatic N) is 1. The van der Waals surface area contributed by atoms with Crippen molar-refractivity contribution in [2.75, 3.05) is 12.4 Å². The Morgan fingerprint density at radius 2 is 2.00 bits per heavy atom. The van der Waals surface area contributed by atoms with Gasteiger partial charge in [-0.2, -0.15) is 5.26 Å². The van der Waals surface area contributed by atoms with E-state index in [2.05, 4.69) is 32.2 Å². The highest BCUT2D eigenvalue weighted by molar-refractivity contribution is 5.66. The molecule has 0 radical (unpaired) electrons. The van der Waals surface area contributed by atoms with Gasteiger partial charge in [0.1, 0.15) is 11.8 Å². The zero-order chi connectivity index (χ0) is 13.5. The Balaban J connectivity index is 2.79. The Morgan fingerprint density at radius 1 is 1.28 bits per heavy atom. The number of nitrogens with one attached hydrogen (secondary N) is 1. The number of methoxy groups -OCH3 is 1. The SMILES string of the molecule is COc1cccc(C#N)c1NC(C)CCC(C)C. The van der Waals surface area contributed by atoms with Crippen LogP contribution in [0.5, 0.6) is 5.75 Å². The molecule has 0 aliphatic carbocycles. The standard InChI is InChI=1S/C15H22N2O/c1-11(2)8-9-12(3)17-15-13(10-16)6-5-7-14(15)18-4/h5-7,11-12,17H,8-9H2,1-4H3.